The van der Waals surface area contributed by atoms with Gasteiger partial charge in [-0.2, -0.15) is 13.2 Å². The minimum Gasteiger partial charge on any atom is -0.313 e. The molecule has 0 bridgehead atoms. The lowest BCUT2D eigenvalue weighted by Crippen LogP contribution is -2.03. The topological polar surface area (TPSA) is 21.6 Å². The Morgan fingerprint density at radius 1 is 1.15 bits per heavy atom. The molecule has 0 saturated carbocycles. The van der Waals surface area contributed by atoms with Crippen LogP contribution in [0.25, 0.3) is 10.8 Å². The lowest BCUT2D eigenvalue weighted by atomic mass is 10.0. The fraction of sp³-hybridized carbons (Fsp3) is 0.154. The van der Waals surface area contributed by atoms with E-state index in [1.807, 2.05) is 36.4 Å². The Morgan fingerprint density at radius 3 is 2.75 bits per heavy atom. The van der Waals surface area contributed by atoms with Crippen molar-refractivity contribution >= 4 is 40.3 Å². The van der Waals surface area contributed by atoms with E-state index in [2.05, 4.69) is 9.44 Å². The van der Waals surface area contributed by atoms with Gasteiger partial charge in [-0.1, -0.05) is 35.5 Å². The molecule has 2 nitrogen and oxygen atoms in total. The molecule has 2 aromatic carbocycles. The second-order valence-electron chi connectivity index (χ2n) is 4.09. The van der Waals surface area contributed by atoms with Crippen LogP contribution < -0.4 is 0 Å². The summed E-state index contributed by atoms with van der Waals surface area (Å²) in [5, 5.41) is 5.65. The molecule has 0 fully saturated rings. The standard InChI is InChI=1S/C13H8F3NOS2/c14-13(15,16)20-18-17-10-7-19-11-6-5-8-3-1-2-4-9(8)12(10)11/h1-6H,7H2/b17-10+. The van der Waals surface area contributed by atoms with Gasteiger partial charge >= 0.3 is 5.51 Å². The molecule has 2 aromatic rings. The second kappa shape index (κ2) is 5.21. The first kappa shape index (κ1) is 13.6. The van der Waals surface area contributed by atoms with Gasteiger partial charge in [-0.25, -0.2) is 0 Å². The van der Waals surface area contributed by atoms with Crippen LogP contribution in [0.15, 0.2) is 46.4 Å². The second-order valence-corrected chi connectivity index (χ2v) is 5.89. The van der Waals surface area contributed by atoms with Gasteiger partial charge in [0.1, 0.15) is 5.71 Å². The zero-order valence-corrected chi connectivity index (χ0v) is 11.6. The Labute approximate surface area is 121 Å². The lowest BCUT2D eigenvalue weighted by molar-refractivity contribution is -0.0396. The first-order valence-corrected chi connectivity index (χ1v) is 7.41. The predicted octanol–water partition coefficient (Wildman–Crippen LogP) is 4.83. The minimum atomic E-state index is -4.45. The molecule has 3 rings (SSSR count). The van der Waals surface area contributed by atoms with E-state index in [-0.39, 0.29) is 0 Å². The van der Waals surface area contributed by atoms with Gasteiger partial charge in [0.2, 0.25) is 12.0 Å². The number of rotatable bonds is 2. The van der Waals surface area contributed by atoms with Crippen molar-refractivity contribution in [3.8, 4) is 0 Å². The lowest BCUT2D eigenvalue weighted by Gasteiger charge is -2.05. The van der Waals surface area contributed by atoms with Crippen LogP contribution in [-0.2, 0) is 4.28 Å². The third-order valence-electron chi connectivity index (χ3n) is 2.82. The summed E-state index contributed by atoms with van der Waals surface area (Å²) in [5.41, 5.74) is -3.04. The quantitative estimate of drug-likeness (QED) is 0.585. The third-order valence-corrected chi connectivity index (χ3v) is 4.23. The highest BCUT2D eigenvalue weighted by atomic mass is 32.2. The van der Waals surface area contributed by atoms with Crippen molar-refractivity contribution in [1.29, 1.82) is 0 Å². The molecule has 7 heteroatoms. The summed E-state index contributed by atoms with van der Waals surface area (Å²) in [6.45, 7) is 0. The molecule has 0 radical (unpaired) electrons. The van der Waals surface area contributed by atoms with Gasteiger partial charge < -0.3 is 4.28 Å². The molecular weight excluding hydrogens is 307 g/mol. The molecule has 104 valence electrons. The maximum atomic E-state index is 12.0. The summed E-state index contributed by atoms with van der Waals surface area (Å²) in [6, 6.07) is 11.7. The Kier molecular flexibility index (Phi) is 3.55. The van der Waals surface area contributed by atoms with Crippen LogP contribution in [0.3, 0.4) is 0 Å². The van der Waals surface area contributed by atoms with Crippen LogP contribution in [-0.4, -0.2) is 17.0 Å². The van der Waals surface area contributed by atoms with Gasteiger partial charge in [-0.3, -0.25) is 0 Å². The van der Waals surface area contributed by atoms with E-state index >= 15 is 0 Å². The minimum absolute atomic E-state index is 0.516. The highest BCUT2D eigenvalue weighted by Gasteiger charge is 2.32. The van der Waals surface area contributed by atoms with Gasteiger partial charge in [0, 0.05) is 16.2 Å². The van der Waals surface area contributed by atoms with Gasteiger partial charge in [-0.15, -0.1) is 11.8 Å². The van der Waals surface area contributed by atoms with Gasteiger partial charge in [0.15, 0.2) is 0 Å². The number of hydrogen-bond acceptors (Lipinski definition) is 4. The average Bonchev–Trinajstić information content (AvgIpc) is 2.81. The molecule has 0 spiro atoms. The summed E-state index contributed by atoms with van der Waals surface area (Å²) in [5.74, 6) is 0.516. The van der Waals surface area contributed by atoms with Crippen molar-refractivity contribution < 1.29 is 17.5 Å². The zero-order valence-electron chi connectivity index (χ0n) is 9.98. The number of halogens is 3. The molecule has 20 heavy (non-hydrogen) atoms. The van der Waals surface area contributed by atoms with E-state index in [0.29, 0.717) is 11.5 Å². The normalized spacial score (nSPS) is 16.6. The maximum absolute atomic E-state index is 12.0. The first-order valence-electron chi connectivity index (χ1n) is 5.68. The van der Waals surface area contributed by atoms with Crippen molar-refractivity contribution in [2.75, 3.05) is 5.75 Å². The van der Waals surface area contributed by atoms with Crippen molar-refractivity contribution in [3.05, 3.63) is 42.0 Å². The largest absolute Gasteiger partial charge is 0.482 e. The fourth-order valence-corrected chi connectivity index (χ4v) is 3.30. The van der Waals surface area contributed by atoms with E-state index in [1.165, 1.54) is 0 Å². The first-order chi connectivity index (χ1) is 9.54. The number of nitrogens with zero attached hydrogens (tertiary/aromatic N) is 1. The van der Waals surface area contributed by atoms with Gasteiger partial charge in [-0.05, 0) is 16.8 Å². The van der Waals surface area contributed by atoms with Crippen LogP contribution in [0.4, 0.5) is 13.2 Å². The predicted molar refractivity (Wildman–Crippen MR) is 75.9 cm³/mol. The Balaban J connectivity index is 1.96. The summed E-state index contributed by atoms with van der Waals surface area (Å²) >= 11 is 0.951. The van der Waals surface area contributed by atoms with E-state index in [0.717, 1.165) is 21.2 Å². The Hall–Kier alpha value is -1.34. The molecular formula is C13H8F3NOS2. The summed E-state index contributed by atoms with van der Waals surface area (Å²) in [7, 11) is 0. The smallest absolute Gasteiger partial charge is 0.313 e. The van der Waals surface area contributed by atoms with Crippen LogP contribution in [0.5, 0.6) is 0 Å². The SMILES string of the molecule is FC(F)(F)SO/N=C1\CSc2ccc3ccccc3c21. The van der Waals surface area contributed by atoms with E-state index in [9.17, 15) is 13.2 Å². The molecule has 0 atom stereocenters. The highest BCUT2D eigenvalue weighted by Crippen LogP contribution is 2.38. The molecule has 1 heterocycles. The zero-order chi connectivity index (χ0) is 14.2. The number of fused-ring (bicyclic) bond motifs is 3. The maximum Gasteiger partial charge on any atom is 0.482 e. The number of oxime groups is 1. The molecule has 0 amide bonds. The summed E-state index contributed by atoms with van der Waals surface area (Å²) < 4.78 is 40.5. The number of benzene rings is 2. The van der Waals surface area contributed by atoms with Crippen LogP contribution in [0, 0.1) is 0 Å². The number of alkyl halides is 3. The number of thioether (sulfide) groups is 1. The van der Waals surface area contributed by atoms with Crippen LogP contribution in [0.1, 0.15) is 5.56 Å². The molecule has 0 aliphatic carbocycles. The monoisotopic (exact) mass is 315 g/mol. The van der Waals surface area contributed by atoms with Gasteiger partial charge in [0.25, 0.3) is 0 Å². The number of hydrogen-bond donors (Lipinski definition) is 0. The molecule has 0 unspecified atom stereocenters. The van der Waals surface area contributed by atoms with Crippen molar-refractivity contribution in [2.45, 2.75) is 10.4 Å². The van der Waals surface area contributed by atoms with Crippen LogP contribution >= 0.6 is 23.8 Å². The van der Waals surface area contributed by atoms with E-state index in [1.54, 1.807) is 11.8 Å². The summed E-state index contributed by atoms with van der Waals surface area (Å²) in [6.07, 6.45) is 0. The van der Waals surface area contributed by atoms with E-state index < -0.39 is 17.6 Å². The fourth-order valence-electron chi connectivity index (χ4n) is 2.07. The van der Waals surface area contributed by atoms with Crippen molar-refractivity contribution in [2.24, 2.45) is 5.16 Å². The third kappa shape index (κ3) is 2.73. The molecule has 1 aliphatic heterocycles. The molecule has 1 aliphatic rings. The van der Waals surface area contributed by atoms with E-state index in [4.69, 9.17) is 0 Å². The Morgan fingerprint density at radius 2 is 1.95 bits per heavy atom. The van der Waals surface area contributed by atoms with Crippen LogP contribution in [0.2, 0.25) is 0 Å². The Bertz CT molecular complexity index is 685. The van der Waals surface area contributed by atoms with Crippen molar-refractivity contribution in [1.82, 2.24) is 0 Å². The highest BCUT2D eigenvalue weighted by molar-refractivity contribution is 8.00. The molecule has 0 saturated heterocycles. The van der Waals surface area contributed by atoms with Gasteiger partial charge in [0.05, 0.1) is 0 Å². The van der Waals surface area contributed by atoms with Crippen molar-refractivity contribution in [3.63, 3.8) is 0 Å². The molecule has 0 N–H and O–H groups in total. The average molecular weight is 315 g/mol. The molecule has 0 aromatic heterocycles. The summed E-state index contributed by atoms with van der Waals surface area (Å²) in [4.78, 5) is 1.02.